The Morgan fingerprint density at radius 2 is 2.07 bits per heavy atom. The number of rotatable bonds is 4. The molecule has 4 rings (SSSR count). The van der Waals surface area contributed by atoms with E-state index >= 15 is 0 Å². The molecule has 1 aromatic heterocycles. The van der Waals surface area contributed by atoms with E-state index in [-0.39, 0.29) is 17.6 Å². The highest BCUT2D eigenvalue weighted by Gasteiger charge is 2.41. The van der Waals surface area contributed by atoms with Gasteiger partial charge in [-0.2, -0.15) is 0 Å². The van der Waals surface area contributed by atoms with Gasteiger partial charge in [0.15, 0.2) is 0 Å². The number of benzene rings is 1. The van der Waals surface area contributed by atoms with Gasteiger partial charge < -0.3 is 15.0 Å². The number of nitrogens with one attached hydrogen (secondary N) is 1. The minimum atomic E-state index is -0.462. The molecule has 2 saturated heterocycles. The van der Waals surface area contributed by atoms with Crippen molar-refractivity contribution in [1.82, 2.24) is 19.8 Å². The fourth-order valence-corrected chi connectivity index (χ4v) is 4.02. The van der Waals surface area contributed by atoms with Gasteiger partial charge in [0.05, 0.1) is 23.8 Å². The SMILES string of the molecule is O=C1NCC2(CCCN(C(=O)CCCn3cnc4ccccc4c3=O)CC2)O1. The molecular formula is C20H24N4O4. The average Bonchev–Trinajstić information content (AvgIpc) is 2.93. The quantitative estimate of drug-likeness (QED) is 0.865. The molecule has 1 aromatic carbocycles. The Morgan fingerprint density at radius 3 is 2.89 bits per heavy atom. The Labute approximate surface area is 162 Å². The van der Waals surface area contributed by atoms with Gasteiger partial charge in [0, 0.05) is 32.5 Å². The molecule has 3 heterocycles. The number of hydrogen-bond donors (Lipinski definition) is 1. The van der Waals surface area contributed by atoms with Crippen molar-refractivity contribution >= 4 is 22.9 Å². The number of carbonyl (C=O) groups excluding carboxylic acids is 2. The van der Waals surface area contributed by atoms with Gasteiger partial charge in [-0.05, 0) is 31.4 Å². The Morgan fingerprint density at radius 1 is 1.21 bits per heavy atom. The van der Waals surface area contributed by atoms with E-state index in [9.17, 15) is 14.4 Å². The lowest BCUT2D eigenvalue weighted by Gasteiger charge is -2.25. The summed E-state index contributed by atoms with van der Waals surface area (Å²) in [7, 11) is 0. The van der Waals surface area contributed by atoms with E-state index in [4.69, 9.17) is 4.74 Å². The molecule has 0 aliphatic carbocycles. The smallest absolute Gasteiger partial charge is 0.407 e. The average molecular weight is 384 g/mol. The third-order valence-corrected chi connectivity index (χ3v) is 5.64. The molecule has 148 valence electrons. The molecule has 1 atom stereocenters. The molecule has 0 saturated carbocycles. The molecule has 2 fully saturated rings. The summed E-state index contributed by atoms with van der Waals surface area (Å²) < 4.78 is 7.02. The summed E-state index contributed by atoms with van der Waals surface area (Å²) in [6.45, 7) is 2.24. The molecule has 8 heteroatoms. The maximum absolute atomic E-state index is 12.6. The highest BCUT2D eigenvalue weighted by molar-refractivity contribution is 5.77. The molecule has 1 spiro atoms. The van der Waals surface area contributed by atoms with Crippen LogP contribution < -0.4 is 10.9 Å². The lowest BCUT2D eigenvalue weighted by Crippen LogP contribution is -2.36. The minimum Gasteiger partial charge on any atom is -0.441 e. The van der Waals surface area contributed by atoms with Crippen molar-refractivity contribution in [2.24, 2.45) is 0 Å². The van der Waals surface area contributed by atoms with Crippen LogP contribution >= 0.6 is 0 Å². The van der Waals surface area contributed by atoms with Crippen LogP contribution in [0.4, 0.5) is 4.79 Å². The van der Waals surface area contributed by atoms with Crippen molar-refractivity contribution in [3.8, 4) is 0 Å². The summed E-state index contributed by atoms with van der Waals surface area (Å²) in [6.07, 6.45) is 4.39. The molecule has 1 unspecified atom stereocenters. The monoisotopic (exact) mass is 384 g/mol. The number of carbonyl (C=O) groups is 2. The highest BCUT2D eigenvalue weighted by atomic mass is 16.6. The zero-order valence-electron chi connectivity index (χ0n) is 15.7. The number of likely N-dealkylation sites (tertiary alicyclic amines) is 1. The van der Waals surface area contributed by atoms with E-state index in [1.54, 1.807) is 17.0 Å². The molecule has 28 heavy (non-hydrogen) atoms. The fraction of sp³-hybridized carbons (Fsp3) is 0.500. The minimum absolute atomic E-state index is 0.0784. The second-order valence-electron chi connectivity index (χ2n) is 7.52. The first-order valence-corrected chi connectivity index (χ1v) is 9.75. The number of ether oxygens (including phenoxy) is 1. The summed E-state index contributed by atoms with van der Waals surface area (Å²) in [4.78, 5) is 42.6. The Hall–Kier alpha value is -2.90. The molecular weight excluding hydrogens is 360 g/mol. The van der Waals surface area contributed by atoms with Gasteiger partial charge in [-0.15, -0.1) is 0 Å². The van der Waals surface area contributed by atoms with Crippen molar-refractivity contribution in [2.75, 3.05) is 19.6 Å². The number of alkyl carbamates (subject to hydrolysis) is 1. The summed E-state index contributed by atoms with van der Waals surface area (Å²) in [5.74, 6) is 0.0797. The zero-order valence-corrected chi connectivity index (χ0v) is 15.7. The molecule has 2 aromatic rings. The summed E-state index contributed by atoms with van der Waals surface area (Å²) in [5.41, 5.74) is 0.140. The molecule has 0 radical (unpaired) electrons. The van der Waals surface area contributed by atoms with Crippen LogP contribution in [0.5, 0.6) is 0 Å². The summed E-state index contributed by atoms with van der Waals surface area (Å²) in [5, 5.41) is 3.31. The Kier molecular flexibility index (Phi) is 5.02. The number of para-hydroxylation sites is 1. The van der Waals surface area contributed by atoms with Crippen LogP contribution in [0.2, 0.25) is 0 Å². The molecule has 1 N–H and O–H groups in total. The van der Waals surface area contributed by atoms with Crippen LogP contribution in [0.25, 0.3) is 10.9 Å². The number of hydrogen-bond acceptors (Lipinski definition) is 5. The molecule has 2 amide bonds. The summed E-state index contributed by atoms with van der Waals surface area (Å²) >= 11 is 0. The predicted octanol–water partition coefficient (Wildman–Crippen LogP) is 1.67. The first-order chi connectivity index (χ1) is 13.6. The number of nitrogens with zero attached hydrogens (tertiary/aromatic N) is 3. The first kappa shape index (κ1) is 18.5. The molecule has 2 aliphatic heterocycles. The van der Waals surface area contributed by atoms with E-state index in [1.807, 2.05) is 23.1 Å². The lowest BCUT2D eigenvalue weighted by molar-refractivity contribution is -0.131. The van der Waals surface area contributed by atoms with Crippen molar-refractivity contribution in [1.29, 1.82) is 0 Å². The largest absolute Gasteiger partial charge is 0.441 e. The second-order valence-corrected chi connectivity index (χ2v) is 7.52. The number of aromatic nitrogens is 2. The van der Waals surface area contributed by atoms with Crippen molar-refractivity contribution < 1.29 is 14.3 Å². The standard InChI is InChI=1S/C20H24N4O4/c25-17(23-11-4-8-20(9-12-23)13-21-19(27)28-20)7-3-10-24-14-22-16-6-2-1-5-15(16)18(24)26/h1-2,5-6,14H,3-4,7-13H2,(H,21,27). The van der Waals surface area contributed by atoms with E-state index in [2.05, 4.69) is 10.3 Å². The third-order valence-electron chi connectivity index (χ3n) is 5.64. The fourth-order valence-electron chi connectivity index (χ4n) is 4.02. The van der Waals surface area contributed by atoms with Crippen LogP contribution in [0, 0.1) is 0 Å². The van der Waals surface area contributed by atoms with Crippen molar-refractivity contribution in [3.05, 3.63) is 40.9 Å². The van der Waals surface area contributed by atoms with E-state index in [1.165, 1.54) is 0 Å². The topological polar surface area (TPSA) is 93.5 Å². The maximum atomic E-state index is 12.6. The predicted molar refractivity (Wildman–Crippen MR) is 103 cm³/mol. The van der Waals surface area contributed by atoms with Crippen LogP contribution in [-0.4, -0.2) is 51.7 Å². The number of amides is 2. The number of fused-ring (bicyclic) bond motifs is 1. The highest BCUT2D eigenvalue weighted by Crippen LogP contribution is 2.29. The number of aryl methyl sites for hydroxylation is 1. The van der Waals surface area contributed by atoms with Gasteiger partial charge in [-0.3, -0.25) is 14.2 Å². The van der Waals surface area contributed by atoms with Gasteiger partial charge in [-0.1, -0.05) is 12.1 Å². The van der Waals surface area contributed by atoms with Gasteiger partial charge in [0.2, 0.25) is 5.91 Å². The van der Waals surface area contributed by atoms with Gasteiger partial charge >= 0.3 is 6.09 Å². The van der Waals surface area contributed by atoms with Crippen molar-refractivity contribution in [3.63, 3.8) is 0 Å². The maximum Gasteiger partial charge on any atom is 0.407 e. The molecule has 0 bridgehead atoms. The Balaban J connectivity index is 1.32. The van der Waals surface area contributed by atoms with E-state index < -0.39 is 5.60 Å². The Bertz CT molecular complexity index is 957. The molecule has 2 aliphatic rings. The van der Waals surface area contributed by atoms with Gasteiger partial charge in [-0.25, -0.2) is 9.78 Å². The van der Waals surface area contributed by atoms with Crippen LogP contribution in [0.1, 0.15) is 32.1 Å². The van der Waals surface area contributed by atoms with E-state index in [0.717, 1.165) is 12.8 Å². The zero-order chi connectivity index (χ0) is 19.6. The first-order valence-electron chi connectivity index (χ1n) is 9.75. The normalized spacial score (nSPS) is 22.1. The van der Waals surface area contributed by atoms with E-state index in [0.29, 0.717) is 56.3 Å². The van der Waals surface area contributed by atoms with Crippen molar-refractivity contribution in [2.45, 2.75) is 44.2 Å². The van der Waals surface area contributed by atoms with Crippen LogP contribution in [0.15, 0.2) is 35.4 Å². The lowest BCUT2D eigenvalue weighted by atomic mass is 9.95. The molecule has 8 nitrogen and oxygen atoms in total. The van der Waals surface area contributed by atoms with Gasteiger partial charge in [0.25, 0.3) is 5.56 Å². The van der Waals surface area contributed by atoms with Gasteiger partial charge in [0.1, 0.15) is 5.60 Å². The van der Waals surface area contributed by atoms with Crippen LogP contribution in [0.3, 0.4) is 0 Å². The third kappa shape index (κ3) is 3.72. The summed E-state index contributed by atoms with van der Waals surface area (Å²) in [6, 6.07) is 7.26. The second kappa shape index (κ2) is 7.61. The van der Waals surface area contributed by atoms with Crippen LogP contribution in [-0.2, 0) is 16.1 Å².